The lowest BCUT2D eigenvalue weighted by molar-refractivity contribution is 0.115. The minimum Gasteiger partial charge on any atom is -0.387 e. The number of rotatable bonds is 3. The number of aromatic nitrogens is 1. The van der Waals surface area contributed by atoms with Crippen molar-refractivity contribution in [2.45, 2.75) is 31.8 Å². The number of aliphatic hydroxyl groups excluding tert-OH is 1. The molecule has 2 heterocycles. The molecule has 3 nitrogen and oxygen atoms in total. The molecule has 1 fully saturated rings. The zero-order valence-electron chi connectivity index (χ0n) is 9.68. The van der Waals surface area contributed by atoms with Crippen molar-refractivity contribution in [2.75, 3.05) is 19.6 Å². The molecule has 1 N–H and O–H groups in total. The molecular weight excluding hydrogens is 200 g/mol. The third-order valence-corrected chi connectivity index (χ3v) is 3.20. The van der Waals surface area contributed by atoms with Gasteiger partial charge in [-0.15, -0.1) is 0 Å². The van der Waals surface area contributed by atoms with Crippen LogP contribution in [0.15, 0.2) is 24.5 Å². The number of aliphatic hydroxyl groups is 1. The van der Waals surface area contributed by atoms with Gasteiger partial charge < -0.3 is 10.0 Å². The van der Waals surface area contributed by atoms with Gasteiger partial charge in [0.05, 0.1) is 6.10 Å². The largest absolute Gasteiger partial charge is 0.387 e. The number of pyridine rings is 1. The van der Waals surface area contributed by atoms with Crippen LogP contribution in [0.3, 0.4) is 0 Å². The second kappa shape index (κ2) is 5.97. The molecule has 3 heteroatoms. The van der Waals surface area contributed by atoms with Crippen LogP contribution < -0.4 is 0 Å². The van der Waals surface area contributed by atoms with E-state index in [-0.39, 0.29) is 0 Å². The summed E-state index contributed by atoms with van der Waals surface area (Å²) in [6.45, 7) is 2.99. The average Bonchev–Trinajstić information content (AvgIpc) is 2.59. The van der Waals surface area contributed by atoms with Gasteiger partial charge in [0.25, 0.3) is 0 Å². The molecular formula is C13H20N2O. The first-order valence-corrected chi connectivity index (χ1v) is 6.16. The van der Waals surface area contributed by atoms with Crippen molar-refractivity contribution >= 4 is 0 Å². The summed E-state index contributed by atoms with van der Waals surface area (Å²) in [5.74, 6) is 0. The fourth-order valence-electron chi connectivity index (χ4n) is 2.24. The highest BCUT2D eigenvalue weighted by molar-refractivity contribution is 5.12. The Bertz CT molecular complexity index is 294. The van der Waals surface area contributed by atoms with Crippen LogP contribution in [-0.4, -0.2) is 34.6 Å². The smallest absolute Gasteiger partial charge is 0.0931 e. The van der Waals surface area contributed by atoms with Gasteiger partial charge in [-0.1, -0.05) is 18.9 Å². The molecule has 0 bridgehead atoms. The molecule has 1 saturated heterocycles. The summed E-state index contributed by atoms with van der Waals surface area (Å²) < 4.78 is 0. The number of likely N-dealkylation sites (tertiary alicyclic amines) is 1. The fourth-order valence-corrected chi connectivity index (χ4v) is 2.24. The number of β-amino-alcohol motifs (C(OH)–C–C–N with tert-alkyl or cyclic N) is 1. The van der Waals surface area contributed by atoms with Crippen LogP contribution in [0, 0.1) is 0 Å². The summed E-state index contributed by atoms with van der Waals surface area (Å²) in [6, 6.07) is 3.82. The van der Waals surface area contributed by atoms with Gasteiger partial charge in [0.15, 0.2) is 0 Å². The van der Waals surface area contributed by atoms with E-state index in [2.05, 4.69) is 9.88 Å². The lowest BCUT2D eigenvalue weighted by atomic mass is 10.1. The number of hydrogen-bond donors (Lipinski definition) is 1. The molecule has 0 spiro atoms. The van der Waals surface area contributed by atoms with Crippen LogP contribution in [0.2, 0.25) is 0 Å². The zero-order valence-corrected chi connectivity index (χ0v) is 9.68. The van der Waals surface area contributed by atoms with E-state index in [0.29, 0.717) is 0 Å². The molecule has 0 saturated carbocycles. The van der Waals surface area contributed by atoms with E-state index in [1.165, 1.54) is 25.7 Å². The number of hydrogen-bond acceptors (Lipinski definition) is 3. The maximum Gasteiger partial charge on any atom is 0.0931 e. The summed E-state index contributed by atoms with van der Waals surface area (Å²) in [5.41, 5.74) is 0.923. The van der Waals surface area contributed by atoms with Gasteiger partial charge in [-0.3, -0.25) is 4.98 Å². The Morgan fingerprint density at radius 3 is 2.62 bits per heavy atom. The zero-order chi connectivity index (χ0) is 11.2. The molecule has 1 atom stereocenters. The third-order valence-electron chi connectivity index (χ3n) is 3.20. The highest BCUT2D eigenvalue weighted by Crippen LogP contribution is 2.16. The average molecular weight is 220 g/mol. The maximum absolute atomic E-state index is 10.1. The molecule has 0 aliphatic carbocycles. The summed E-state index contributed by atoms with van der Waals surface area (Å²) in [7, 11) is 0. The van der Waals surface area contributed by atoms with Crippen molar-refractivity contribution in [3.63, 3.8) is 0 Å². The quantitative estimate of drug-likeness (QED) is 0.846. The van der Waals surface area contributed by atoms with E-state index in [1.807, 2.05) is 12.1 Å². The fraction of sp³-hybridized carbons (Fsp3) is 0.615. The molecule has 1 aliphatic heterocycles. The molecule has 1 unspecified atom stereocenters. The van der Waals surface area contributed by atoms with E-state index in [4.69, 9.17) is 0 Å². The number of nitrogens with zero attached hydrogens (tertiary/aromatic N) is 2. The van der Waals surface area contributed by atoms with Crippen molar-refractivity contribution in [3.8, 4) is 0 Å². The minimum atomic E-state index is -0.396. The van der Waals surface area contributed by atoms with E-state index < -0.39 is 6.10 Å². The van der Waals surface area contributed by atoms with Gasteiger partial charge in [0, 0.05) is 24.5 Å². The SMILES string of the molecule is OC(CN1CCCCCC1)c1cccnc1. The van der Waals surface area contributed by atoms with Crippen molar-refractivity contribution < 1.29 is 5.11 Å². The second-order valence-corrected chi connectivity index (χ2v) is 4.52. The van der Waals surface area contributed by atoms with Gasteiger partial charge in [0.1, 0.15) is 0 Å². The van der Waals surface area contributed by atoms with Crippen molar-refractivity contribution in [1.82, 2.24) is 9.88 Å². The van der Waals surface area contributed by atoms with Gasteiger partial charge >= 0.3 is 0 Å². The molecule has 1 aromatic heterocycles. The molecule has 2 rings (SSSR count). The first-order chi connectivity index (χ1) is 7.86. The first-order valence-electron chi connectivity index (χ1n) is 6.16. The van der Waals surface area contributed by atoms with E-state index in [0.717, 1.165) is 25.2 Å². The molecule has 0 radical (unpaired) electrons. The van der Waals surface area contributed by atoms with E-state index in [1.54, 1.807) is 12.4 Å². The summed E-state index contributed by atoms with van der Waals surface area (Å²) in [6.07, 6.45) is 8.29. The van der Waals surface area contributed by atoms with Crippen LogP contribution in [-0.2, 0) is 0 Å². The Morgan fingerprint density at radius 2 is 2.00 bits per heavy atom. The minimum absolute atomic E-state index is 0.396. The normalized spacial score (nSPS) is 20.3. The summed E-state index contributed by atoms with van der Waals surface area (Å²) in [4.78, 5) is 6.40. The maximum atomic E-state index is 10.1. The standard InChI is InChI=1S/C13H20N2O/c16-13(12-6-5-7-14-10-12)11-15-8-3-1-2-4-9-15/h5-7,10,13,16H,1-4,8-9,11H2. The van der Waals surface area contributed by atoms with Crippen molar-refractivity contribution in [1.29, 1.82) is 0 Å². The van der Waals surface area contributed by atoms with Crippen LogP contribution in [0.1, 0.15) is 37.4 Å². The predicted octanol–water partition coefficient (Wildman–Crippen LogP) is 1.99. The van der Waals surface area contributed by atoms with E-state index >= 15 is 0 Å². The molecule has 0 amide bonds. The molecule has 88 valence electrons. The molecule has 1 aromatic rings. The molecule has 0 aromatic carbocycles. The van der Waals surface area contributed by atoms with Gasteiger partial charge in [-0.05, 0) is 32.0 Å². The van der Waals surface area contributed by atoms with Crippen molar-refractivity contribution in [2.24, 2.45) is 0 Å². The monoisotopic (exact) mass is 220 g/mol. The van der Waals surface area contributed by atoms with Crippen LogP contribution in [0.25, 0.3) is 0 Å². The third kappa shape index (κ3) is 3.29. The van der Waals surface area contributed by atoms with Gasteiger partial charge in [-0.2, -0.15) is 0 Å². The van der Waals surface area contributed by atoms with Crippen LogP contribution in [0.4, 0.5) is 0 Å². The Balaban J connectivity index is 1.88. The summed E-state index contributed by atoms with van der Waals surface area (Å²) in [5, 5.41) is 10.1. The Kier molecular flexibility index (Phi) is 4.31. The Morgan fingerprint density at radius 1 is 1.25 bits per heavy atom. The second-order valence-electron chi connectivity index (χ2n) is 4.52. The molecule has 16 heavy (non-hydrogen) atoms. The van der Waals surface area contributed by atoms with Crippen LogP contribution in [0.5, 0.6) is 0 Å². The lowest BCUT2D eigenvalue weighted by Gasteiger charge is -2.23. The van der Waals surface area contributed by atoms with Gasteiger partial charge in [-0.25, -0.2) is 0 Å². The first kappa shape index (κ1) is 11.6. The highest BCUT2D eigenvalue weighted by Gasteiger charge is 2.14. The van der Waals surface area contributed by atoms with E-state index in [9.17, 15) is 5.11 Å². The Labute approximate surface area is 97.1 Å². The molecule has 1 aliphatic rings. The lowest BCUT2D eigenvalue weighted by Crippen LogP contribution is -2.29. The topological polar surface area (TPSA) is 36.4 Å². The Hall–Kier alpha value is -0.930. The van der Waals surface area contributed by atoms with Crippen LogP contribution >= 0.6 is 0 Å². The highest BCUT2D eigenvalue weighted by atomic mass is 16.3. The predicted molar refractivity (Wildman–Crippen MR) is 64.1 cm³/mol. The summed E-state index contributed by atoms with van der Waals surface area (Å²) >= 11 is 0. The van der Waals surface area contributed by atoms with Gasteiger partial charge in [0.2, 0.25) is 0 Å². The van der Waals surface area contributed by atoms with Crippen molar-refractivity contribution in [3.05, 3.63) is 30.1 Å².